The standard InChI is InChI=1S/C16H25NO/c1-16(2,3)13-6-4-12(5-7-13)14-8-11(10-18)9-15(14)17/h4-7,11,14-15,18H,8-10,17H2,1-3H3/t11-,14+,15-/m1/s1. The molecule has 0 spiro atoms. The zero-order valence-electron chi connectivity index (χ0n) is 11.7. The van der Waals surface area contributed by atoms with Crippen molar-refractivity contribution >= 4 is 0 Å². The lowest BCUT2D eigenvalue weighted by Gasteiger charge is -2.21. The molecule has 3 N–H and O–H groups in total. The Hall–Kier alpha value is -0.860. The molecule has 1 aromatic carbocycles. The molecule has 2 rings (SSSR count). The summed E-state index contributed by atoms with van der Waals surface area (Å²) in [6.45, 7) is 6.95. The number of nitrogens with two attached hydrogens (primary N) is 1. The van der Waals surface area contributed by atoms with E-state index in [1.54, 1.807) is 0 Å². The molecule has 0 aliphatic heterocycles. The predicted octanol–water partition coefficient (Wildman–Crippen LogP) is 2.80. The summed E-state index contributed by atoms with van der Waals surface area (Å²) in [7, 11) is 0. The van der Waals surface area contributed by atoms with Crippen molar-refractivity contribution < 1.29 is 5.11 Å². The van der Waals surface area contributed by atoms with Crippen LogP contribution < -0.4 is 5.73 Å². The zero-order chi connectivity index (χ0) is 13.3. The van der Waals surface area contributed by atoms with Crippen molar-refractivity contribution in [2.24, 2.45) is 11.7 Å². The first-order valence-electron chi connectivity index (χ1n) is 6.88. The number of hydrogen-bond acceptors (Lipinski definition) is 2. The molecule has 0 saturated heterocycles. The minimum atomic E-state index is 0.197. The minimum Gasteiger partial charge on any atom is -0.396 e. The summed E-state index contributed by atoms with van der Waals surface area (Å²) >= 11 is 0. The maximum absolute atomic E-state index is 9.24. The molecule has 1 aliphatic rings. The van der Waals surface area contributed by atoms with E-state index >= 15 is 0 Å². The number of aliphatic hydroxyl groups is 1. The van der Waals surface area contributed by atoms with E-state index in [4.69, 9.17) is 5.73 Å². The van der Waals surface area contributed by atoms with Gasteiger partial charge in [-0.25, -0.2) is 0 Å². The molecule has 0 amide bonds. The van der Waals surface area contributed by atoms with Crippen LogP contribution in [0.5, 0.6) is 0 Å². The van der Waals surface area contributed by atoms with Gasteiger partial charge in [-0.2, -0.15) is 0 Å². The topological polar surface area (TPSA) is 46.2 Å². The Labute approximate surface area is 110 Å². The molecule has 0 radical (unpaired) electrons. The number of benzene rings is 1. The van der Waals surface area contributed by atoms with Crippen LogP contribution in [0.15, 0.2) is 24.3 Å². The van der Waals surface area contributed by atoms with Gasteiger partial charge in [0.25, 0.3) is 0 Å². The molecule has 0 heterocycles. The van der Waals surface area contributed by atoms with Gasteiger partial charge < -0.3 is 10.8 Å². The zero-order valence-corrected chi connectivity index (χ0v) is 11.7. The molecule has 1 saturated carbocycles. The molecular weight excluding hydrogens is 222 g/mol. The van der Waals surface area contributed by atoms with Gasteiger partial charge >= 0.3 is 0 Å². The molecule has 0 unspecified atom stereocenters. The van der Waals surface area contributed by atoms with Crippen molar-refractivity contribution in [3.05, 3.63) is 35.4 Å². The highest BCUT2D eigenvalue weighted by Crippen LogP contribution is 2.37. The van der Waals surface area contributed by atoms with Gasteiger partial charge in [-0.15, -0.1) is 0 Å². The average Bonchev–Trinajstić information content (AvgIpc) is 2.70. The smallest absolute Gasteiger partial charge is 0.0460 e. The van der Waals surface area contributed by atoms with Crippen LogP contribution in [0.1, 0.15) is 50.7 Å². The third kappa shape index (κ3) is 2.76. The van der Waals surface area contributed by atoms with Crippen LogP contribution in [0, 0.1) is 5.92 Å². The molecule has 0 bridgehead atoms. The highest BCUT2D eigenvalue weighted by Gasteiger charge is 2.32. The molecule has 100 valence electrons. The van der Waals surface area contributed by atoms with Gasteiger partial charge in [0.05, 0.1) is 0 Å². The number of rotatable bonds is 2. The molecule has 2 nitrogen and oxygen atoms in total. The van der Waals surface area contributed by atoms with Gasteiger partial charge in [-0.3, -0.25) is 0 Å². The number of hydrogen-bond donors (Lipinski definition) is 2. The van der Waals surface area contributed by atoms with Gasteiger partial charge in [-0.1, -0.05) is 45.0 Å². The van der Waals surface area contributed by atoms with E-state index in [0.29, 0.717) is 11.8 Å². The first-order valence-corrected chi connectivity index (χ1v) is 6.88. The van der Waals surface area contributed by atoms with E-state index in [9.17, 15) is 5.11 Å². The Morgan fingerprint density at radius 2 is 1.78 bits per heavy atom. The maximum Gasteiger partial charge on any atom is 0.0460 e. The second-order valence-corrected chi connectivity index (χ2v) is 6.66. The third-order valence-electron chi connectivity index (χ3n) is 4.17. The summed E-state index contributed by atoms with van der Waals surface area (Å²) in [5, 5.41) is 9.24. The fourth-order valence-corrected chi connectivity index (χ4v) is 2.94. The third-order valence-corrected chi connectivity index (χ3v) is 4.17. The van der Waals surface area contributed by atoms with Crippen molar-refractivity contribution in [2.75, 3.05) is 6.61 Å². The SMILES string of the molecule is CC(C)(C)c1ccc([C@@H]2C[C@@H](CO)C[C@H]2N)cc1. The van der Waals surface area contributed by atoms with Crippen LogP contribution in [-0.2, 0) is 5.41 Å². The highest BCUT2D eigenvalue weighted by molar-refractivity contribution is 5.31. The van der Waals surface area contributed by atoms with Crippen LogP contribution in [0.4, 0.5) is 0 Å². The summed E-state index contributed by atoms with van der Waals surface area (Å²) in [5.41, 5.74) is 9.07. The van der Waals surface area contributed by atoms with Crippen molar-refractivity contribution in [3.8, 4) is 0 Å². The summed E-state index contributed by atoms with van der Waals surface area (Å²) in [6, 6.07) is 9.06. The Balaban J connectivity index is 2.15. The lowest BCUT2D eigenvalue weighted by Crippen LogP contribution is -2.23. The predicted molar refractivity (Wildman–Crippen MR) is 75.7 cm³/mol. The van der Waals surface area contributed by atoms with E-state index in [0.717, 1.165) is 12.8 Å². The van der Waals surface area contributed by atoms with Gasteiger partial charge in [0.1, 0.15) is 0 Å². The Morgan fingerprint density at radius 3 is 2.22 bits per heavy atom. The maximum atomic E-state index is 9.24. The minimum absolute atomic E-state index is 0.197. The fraction of sp³-hybridized carbons (Fsp3) is 0.625. The lowest BCUT2D eigenvalue weighted by atomic mass is 9.85. The van der Waals surface area contributed by atoms with Gasteiger partial charge in [0, 0.05) is 12.6 Å². The van der Waals surface area contributed by atoms with Gasteiger partial charge in [0.2, 0.25) is 0 Å². The molecule has 1 fully saturated rings. The molecule has 0 aromatic heterocycles. The van der Waals surface area contributed by atoms with Crippen LogP contribution in [0.2, 0.25) is 0 Å². The highest BCUT2D eigenvalue weighted by atomic mass is 16.3. The van der Waals surface area contributed by atoms with Gasteiger partial charge in [0.15, 0.2) is 0 Å². The molecule has 2 heteroatoms. The van der Waals surface area contributed by atoms with Crippen LogP contribution in [-0.4, -0.2) is 17.8 Å². The summed E-state index contributed by atoms with van der Waals surface area (Å²) in [4.78, 5) is 0. The van der Waals surface area contributed by atoms with Crippen LogP contribution in [0.3, 0.4) is 0 Å². The molecule has 3 atom stereocenters. The first kappa shape index (κ1) is 13.6. The van der Waals surface area contributed by atoms with Crippen LogP contribution in [0.25, 0.3) is 0 Å². The lowest BCUT2D eigenvalue weighted by molar-refractivity contribution is 0.228. The quantitative estimate of drug-likeness (QED) is 0.844. The van der Waals surface area contributed by atoms with Crippen molar-refractivity contribution in [2.45, 2.75) is 51.0 Å². The van der Waals surface area contributed by atoms with Crippen molar-refractivity contribution in [1.29, 1.82) is 0 Å². The summed E-state index contributed by atoms with van der Waals surface area (Å²) in [6.07, 6.45) is 1.97. The Bertz CT molecular complexity index is 391. The van der Waals surface area contributed by atoms with E-state index < -0.39 is 0 Å². The molecule has 1 aromatic rings. The van der Waals surface area contributed by atoms with E-state index in [1.165, 1.54) is 11.1 Å². The molecule has 1 aliphatic carbocycles. The number of aliphatic hydroxyl groups excluding tert-OH is 1. The Morgan fingerprint density at radius 1 is 1.17 bits per heavy atom. The van der Waals surface area contributed by atoms with E-state index in [1.807, 2.05) is 0 Å². The van der Waals surface area contributed by atoms with Crippen molar-refractivity contribution in [3.63, 3.8) is 0 Å². The molecular formula is C16H25NO. The van der Waals surface area contributed by atoms with Crippen molar-refractivity contribution in [1.82, 2.24) is 0 Å². The van der Waals surface area contributed by atoms with Crippen LogP contribution >= 0.6 is 0 Å². The summed E-state index contributed by atoms with van der Waals surface area (Å²) in [5.74, 6) is 0.795. The van der Waals surface area contributed by atoms with E-state index in [-0.39, 0.29) is 18.1 Å². The fourth-order valence-electron chi connectivity index (χ4n) is 2.94. The monoisotopic (exact) mass is 247 g/mol. The summed E-state index contributed by atoms with van der Waals surface area (Å²) < 4.78 is 0. The second-order valence-electron chi connectivity index (χ2n) is 6.66. The molecule has 18 heavy (non-hydrogen) atoms. The normalized spacial score (nSPS) is 28.6. The Kier molecular flexibility index (Phi) is 3.79. The average molecular weight is 247 g/mol. The second kappa shape index (κ2) is 5.02. The van der Waals surface area contributed by atoms with E-state index in [2.05, 4.69) is 45.0 Å². The first-order chi connectivity index (χ1) is 8.41. The largest absolute Gasteiger partial charge is 0.396 e. The van der Waals surface area contributed by atoms with Gasteiger partial charge in [-0.05, 0) is 41.2 Å².